The minimum atomic E-state index is -1.61. The van der Waals surface area contributed by atoms with Crippen LogP contribution in [0.2, 0.25) is 0 Å². The Labute approximate surface area is 277 Å². The van der Waals surface area contributed by atoms with Crippen molar-refractivity contribution in [2.75, 3.05) is 46.1 Å². The summed E-state index contributed by atoms with van der Waals surface area (Å²) < 4.78 is 35.7. The van der Waals surface area contributed by atoms with Gasteiger partial charge in [0.15, 0.2) is 12.6 Å². The van der Waals surface area contributed by atoms with Crippen LogP contribution < -0.4 is 33.6 Å². The van der Waals surface area contributed by atoms with Gasteiger partial charge in [-0.3, -0.25) is 0 Å². The fourth-order valence-corrected chi connectivity index (χ4v) is 6.27. The molecular formula is C28H54N6O14. The molecule has 3 heterocycles. The third-order valence-corrected chi connectivity index (χ3v) is 9.06. The predicted molar refractivity (Wildman–Crippen MR) is 163 cm³/mol. The third-order valence-electron chi connectivity index (χ3n) is 9.06. The lowest BCUT2D eigenvalue weighted by Crippen LogP contribution is -2.67. The van der Waals surface area contributed by atoms with E-state index in [0.29, 0.717) is 25.3 Å². The summed E-state index contributed by atoms with van der Waals surface area (Å²) in [5.41, 5.74) is 24.6. The van der Waals surface area contributed by atoms with Crippen LogP contribution >= 0.6 is 0 Å². The first kappa shape index (κ1) is 39.6. The maximum Gasteiger partial charge on any atom is 0.215 e. The molecule has 0 aromatic carbocycles. The molecule has 0 unspecified atom stereocenters. The zero-order chi connectivity index (χ0) is 35.1. The highest BCUT2D eigenvalue weighted by atomic mass is 16.8. The molecule has 0 aromatic heterocycles. The minimum Gasteiger partial charge on any atom is -0.467 e. The van der Waals surface area contributed by atoms with Gasteiger partial charge < -0.3 is 103 Å². The van der Waals surface area contributed by atoms with E-state index in [9.17, 15) is 35.7 Å². The summed E-state index contributed by atoms with van der Waals surface area (Å²) in [6, 6.07) is -4.32. The Morgan fingerprint density at radius 2 is 1.46 bits per heavy atom. The van der Waals surface area contributed by atoms with E-state index in [0.717, 1.165) is 0 Å². The van der Waals surface area contributed by atoms with Crippen molar-refractivity contribution < 1.29 is 69.3 Å². The van der Waals surface area contributed by atoms with Crippen molar-refractivity contribution in [1.29, 1.82) is 0 Å². The van der Waals surface area contributed by atoms with Gasteiger partial charge in [-0.25, -0.2) is 0 Å². The molecule has 1 saturated carbocycles. The molecular weight excluding hydrogens is 644 g/mol. The summed E-state index contributed by atoms with van der Waals surface area (Å²) in [4.78, 5) is 0. The Hall–Kier alpha value is -1.22. The lowest BCUT2D eigenvalue weighted by atomic mass is 9.83. The van der Waals surface area contributed by atoms with Gasteiger partial charge in [-0.05, 0) is 18.9 Å². The SMILES string of the molecule is NC[C@@H]1O[C@H](O[C@H]2[C@@H](O)[C@H](O[C@@H]3[C@@H](O)[C@H](NC(CO)CO)C[C@H](N)[C@H]3O[C@H]3OC(CNCCO)=CC[C@H]3N)O[C@@H]2CO)[C@H](N)[C@@H](O)[C@@H]1O. The standard InChI is InChI=1S/C28H54N6O14/c29-6-16-20(40)21(41)18(32)27(44-16)47-24-17(10-38)45-28(22(24)42)48-25-19(39)15(34-11(8-36)9-37)5-14(31)23(25)46-26-13(30)2-1-12(43-26)7-33-3-4-35/h1,11,13-28,33-42H,2-10,29-32H2/t13-,14+,15-,16+,17-,18-,19+,20-,21-,22-,23-,24-,25-,26-,27-,28+/m1/s1. The highest BCUT2D eigenvalue weighted by Gasteiger charge is 2.54. The molecule has 0 spiro atoms. The van der Waals surface area contributed by atoms with Gasteiger partial charge in [0, 0.05) is 25.2 Å². The average molecular weight is 699 g/mol. The van der Waals surface area contributed by atoms with E-state index in [2.05, 4.69) is 10.6 Å². The van der Waals surface area contributed by atoms with Gasteiger partial charge in [-0.1, -0.05) is 0 Å². The van der Waals surface area contributed by atoms with Crippen molar-refractivity contribution >= 4 is 0 Å². The van der Waals surface area contributed by atoms with Crippen LogP contribution in [0, 0.1) is 0 Å². The van der Waals surface area contributed by atoms with Crippen molar-refractivity contribution in [1.82, 2.24) is 10.6 Å². The monoisotopic (exact) mass is 698 g/mol. The van der Waals surface area contributed by atoms with Gasteiger partial charge >= 0.3 is 0 Å². The average Bonchev–Trinajstić information content (AvgIpc) is 3.38. The number of hydrogen-bond donors (Lipinski definition) is 14. The normalized spacial score (nSPS) is 43.7. The number of aliphatic hydroxyl groups is 8. The molecule has 0 amide bonds. The van der Waals surface area contributed by atoms with E-state index in [1.807, 2.05) is 0 Å². The zero-order valence-electron chi connectivity index (χ0n) is 26.6. The van der Waals surface area contributed by atoms with Crippen LogP contribution in [0.25, 0.3) is 0 Å². The molecule has 3 aliphatic heterocycles. The summed E-state index contributed by atoms with van der Waals surface area (Å²) in [7, 11) is 0. The summed E-state index contributed by atoms with van der Waals surface area (Å²) >= 11 is 0. The lowest BCUT2D eigenvalue weighted by molar-refractivity contribution is -0.282. The van der Waals surface area contributed by atoms with Gasteiger partial charge in [0.1, 0.15) is 54.6 Å². The van der Waals surface area contributed by atoms with Crippen LogP contribution in [-0.4, -0.2) is 191 Å². The Balaban J connectivity index is 1.53. The summed E-state index contributed by atoms with van der Waals surface area (Å²) in [5.74, 6) is 0.517. The molecule has 16 atom stereocenters. The molecule has 4 aliphatic rings. The first-order valence-corrected chi connectivity index (χ1v) is 16.2. The molecule has 18 N–H and O–H groups in total. The number of rotatable bonds is 16. The highest BCUT2D eigenvalue weighted by molar-refractivity contribution is 5.05. The van der Waals surface area contributed by atoms with E-state index >= 15 is 0 Å². The number of nitrogens with one attached hydrogen (secondary N) is 2. The van der Waals surface area contributed by atoms with E-state index in [-0.39, 0.29) is 19.6 Å². The van der Waals surface area contributed by atoms with E-state index < -0.39 is 124 Å². The molecule has 280 valence electrons. The van der Waals surface area contributed by atoms with Crippen molar-refractivity contribution in [2.45, 2.75) is 117 Å². The Bertz CT molecular complexity index is 1000. The van der Waals surface area contributed by atoms with Crippen molar-refractivity contribution in [2.24, 2.45) is 22.9 Å². The molecule has 4 rings (SSSR count). The second kappa shape index (κ2) is 18.3. The third kappa shape index (κ3) is 9.16. The molecule has 3 fully saturated rings. The maximum atomic E-state index is 11.6. The second-order valence-electron chi connectivity index (χ2n) is 12.5. The van der Waals surface area contributed by atoms with Gasteiger partial charge in [0.25, 0.3) is 0 Å². The van der Waals surface area contributed by atoms with Crippen LogP contribution in [0.5, 0.6) is 0 Å². The predicted octanol–water partition coefficient (Wildman–Crippen LogP) is -8.10. The molecule has 1 aliphatic carbocycles. The fraction of sp³-hybridized carbons (Fsp3) is 0.929. The number of ether oxygens (including phenoxy) is 6. The fourth-order valence-electron chi connectivity index (χ4n) is 6.27. The van der Waals surface area contributed by atoms with Gasteiger partial charge in [0.2, 0.25) is 6.29 Å². The molecule has 2 saturated heterocycles. The molecule has 20 heteroatoms. The van der Waals surface area contributed by atoms with Gasteiger partial charge in [-0.2, -0.15) is 0 Å². The Morgan fingerprint density at radius 1 is 0.792 bits per heavy atom. The number of hydrogen-bond acceptors (Lipinski definition) is 20. The Kier molecular flexibility index (Phi) is 15.1. The first-order valence-electron chi connectivity index (χ1n) is 16.2. The van der Waals surface area contributed by atoms with Gasteiger partial charge in [0.05, 0.1) is 57.2 Å². The molecule has 0 aromatic rings. The smallest absolute Gasteiger partial charge is 0.215 e. The van der Waals surface area contributed by atoms with Crippen LogP contribution in [0.3, 0.4) is 0 Å². The quantitative estimate of drug-likeness (QED) is 0.0665. The van der Waals surface area contributed by atoms with Crippen LogP contribution in [-0.2, 0) is 28.4 Å². The summed E-state index contributed by atoms with van der Waals surface area (Å²) in [5, 5.41) is 87.9. The minimum absolute atomic E-state index is 0.0684. The maximum absolute atomic E-state index is 11.6. The van der Waals surface area contributed by atoms with E-state index in [4.69, 9.17) is 56.5 Å². The van der Waals surface area contributed by atoms with Crippen molar-refractivity contribution in [3.63, 3.8) is 0 Å². The van der Waals surface area contributed by atoms with Crippen LogP contribution in [0.15, 0.2) is 11.8 Å². The zero-order valence-corrected chi connectivity index (χ0v) is 26.6. The van der Waals surface area contributed by atoms with E-state index in [1.54, 1.807) is 6.08 Å². The van der Waals surface area contributed by atoms with E-state index in [1.165, 1.54) is 0 Å². The summed E-state index contributed by atoms with van der Waals surface area (Å²) in [6.07, 6.45) is -13.5. The largest absolute Gasteiger partial charge is 0.467 e. The molecule has 0 bridgehead atoms. The number of nitrogens with two attached hydrogens (primary N) is 4. The molecule has 48 heavy (non-hydrogen) atoms. The first-order chi connectivity index (χ1) is 23.0. The van der Waals surface area contributed by atoms with Crippen LogP contribution in [0.1, 0.15) is 12.8 Å². The topological polar surface area (TPSA) is 345 Å². The summed E-state index contributed by atoms with van der Waals surface area (Å²) in [6.45, 7) is -1.12. The second-order valence-corrected chi connectivity index (χ2v) is 12.5. The number of aliphatic hydroxyl groups excluding tert-OH is 8. The van der Waals surface area contributed by atoms with Crippen molar-refractivity contribution in [3.05, 3.63) is 11.8 Å². The van der Waals surface area contributed by atoms with Crippen LogP contribution in [0.4, 0.5) is 0 Å². The Morgan fingerprint density at radius 3 is 2.10 bits per heavy atom. The lowest BCUT2D eigenvalue weighted by Gasteiger charge is -2.46. The molecule has 0 radical (unpaired) electrons. The molecule has 20 nitrogen and oxygen atoms in total. The highest BCUT2D eigenvalue weighted by Crippen LogP contribution is 2.34. The van der Waals surface area contributed by atoms with Gasteiger partial charge in [-0.15, -0.1) is 0 Å². The van der Waals surface area contributed by atoms with Crippen molar-refractivity contribution in [3.8, 4) is 0 Å².